The zero-order chi connectivity index (χ0) is 18.4. The maximum Gasteiger partial charge on any atom is 0.251 e. The molecule has 138 valence electrons. The molecule has 4 nitrogen and oxygen atoms in total. The molecule has 0 aliphatic carbocycles. The third-order valence-electron chi connectivity index (χ3n) is 4.84. The highest BCUT2D eigenvalue weighted by atomic mass is 19.1. The molecule has 0 saturated carbocycles. The van der Waals surface area contributed by atoms with Crippen molar-refractivity contribution in [2.45, 2.75) is 6.42 Å². The van der Waals surface area contributed by atoms with Crippen molar-refractivity contribution in [1.29, 1.82) is 0 Å². The van der Waals surface area contributed by atoms with Crippen LogP contribution in [0.25, 0.3) is 11.1 Å². The summed E-state index contributed by atoms with van der Waals surface area (Å²) in [5.74, 6) is 0.152. The molecule has 0 bridgehead atoms. The normalized spacial score (nSPS) is 17.4. The Hall–Kier alpha value is -2.24. The van der Waals surface area contributed by atoms with Crippen LogP contribution in [0.3, 0.4) is 0 Å². The molecule has 2 aromatic rings. The van der Waals surface area contributed by atoms with Crippen LogP contribution < -0.4 is 5.32 Å². The number of hydrogen-bond acceptors (Lipinski definition) is 3. The fourth-order valence-electron chi connectivity index (χ4n) is 3.32. The second-order valence-corrected chi connectivity index (χ2v) is 6.75. The molecule has 0 unspecified atom stereocenters. The lowest BCUT2D eigenvalue weighted by Crippen LogP contribution is -2.31. The molecule has 1 aliphatic heterocycles. The summed E-state index contributed by atoms with van der Waals surface area (Å²) in [4.78, 5) is 14.9. The SMILES string of the molecule is COCCN1CC[C@H](CNC(=O)c2cccc(-c3ccc(F)cc3)c2)C1. The topological polar surface area (TPSA) is 41.6 Å². The molecule has 1 amide bonds. The average molecular weight is 356 g/mol. The molecule has 0 aromatic heterocycles. The van der Waals surface area contributed by atoms with Crippen LogP contribution in [0.2, 0.25) is 0 Å². The first-order valence-corrected chi connectivity index (χ1v) is 9.01. The van der Waals surface area contributed by atoms with E-state index in [0.717, 1.165) is 43.8 Å². The smallest absolute Gasteiger partial charge is 0.251 e. The van der Waals surface area contributed by atoms with Crippen LogP contribution in [0.15, 0.2) is 48.5 Å². The Morgan fingerprint density at radius 3 is 2.81 bits per heavy atom. The molecule has 0 spiro atoms. The summed E-state index contributed by atoms with van der Waals surface area (Å²) < 4.78 is 18.2. The van der Waals surface area contributed by atoms with Crippen molar-refractivity contribution in [2.75, 3.05) is 39.9 Å². The quantitative estimate of drug-likeness (QED) is 0.828. The van der Waals surface area contributed by atoms with Gasteiger partial charge in [-0.2, -0.15) is 0 Å². The van der Waals surface area contributed by atoms with E-state index in [1.165, 1.54) is 12.1 Å². The molecule has 0 radical (unpaired) electrons. The summed E-state index contributed by atoms with van der Waals surface area (Å²) in [7, 11) is 1.72. The minimum absolute atomic E-state index is 0.0655. The highest BCUT2D eigenvalue weighted by Crippen LogP contribution is 2.21. The van der Waals surface area contributed by atoms with Crippen LogP contribution in [0.5, 0.6) is 0 Å². The first kappa shape index (κ1) is 18.5. The summed E-state index contributed by atoms with van der Waals surface area (Å²) in [6.45, 7) is 4.43. The number of hydrogen-bond donors (Lipinski definition) is 1. The zero-order valence-corrected chi connectivity index (χ0v) is 15.1. The van der Waals surface area contributed by atoms with Crippen LogP contribution in [0, 0.1) is 11.7 Å². The predicted octanol–water partition coefficient (Wildman–Crippen LogP) is 3.19. The lowest BCUT2D eigenvalue weighted by molar-refractivity contribution is 0.0946. The van der Waals surface area contributed by atoms with Crippen molar-refractivity contribution in [3.05, 3.63) is 59.9 Å². The van der Waals surface area contributed by atoms with E-state index in [4.69, 9.17) is 4.74 Å². The maximum absolute atomic E-state index is 13.1. The van der Waals surface area contributed by atoms with Gasteiger partial charge in [0, 0.05) is 32.3 Å². The molecular formula is C21H25FN2O2. The van der Waals surface area contributed by atoms with Gasteiger partial charge < -0.3 is 15.0 Å². The average Bonchev–Trinajstić information content (AvgIpc) is 3.13. The van der Waals surface area contributed by atoms with Crippen LogP contribution in [0.4, 0.5) is 4.39 Å². The first-order chi connectivity index (χ1) is 12.7. The lowest BCUT2D eigenvalue weighted by atomic mass is 10.0. The molecule has 1 heterocycles. The van der Waals surface area contributed by atoms with Gasteiger partial charge in [0.05, 0.1) is 6.61 Å². The number of nitrogens with one attached hydrogen (secondary N) is 1. The lowest BCUT2D eigenvalue weighted by Gasteiger charge is -2.15. The minimum Gasteiger partial charge on any atom is -0.383 e. The van der Waals surface area contributed by atoms with Crippen molar-refractivity contribution < 1.29 is 13.9 Å². The van der Waals surface area contributed by atoms with E-state index in [2.05, 4.69) is 10.2 Å². The summed E-state index contributed by atoms with van der Waals surface area (Å²) in [5, 5.41) is 3.05. The second-order valence-electron chi connectivity index (χ2n) is 6.75. The summed E-state index contributed by atoms with van der Waals surface area (Å²) >= 11 is 0. The summed E-state index contributed by atoms with van der Waals surface area (Å²) in [6, 6.07) is 13.7. The Morgan fingerprint density at radius 2 is 2.04 bits per heavy atom. The van der Waals surface area contributed by atoms with Crippen molar-refractivity contribution in [1.82, 2.24) is 10.2 Å². The molecule has 1 aliphatic rings. The number of nitrogens with zero attached hydrogens (tertiary/aromatic N) is 1. The molecule has 5 heteroatoms. The zero-order valence-electron chi connectivity index (χ0n) is 15.1. The third kappa shape index (κ3) is 4.90. The Morgan fingerprint density at radius 1 is 1.23 bits per heavy atom. The number of carbonyl (C=O) groups is 1. The van der Waals surface area contributed by atoms with Gasteiger partial charge in [-0.1, -0.05) is 24.3 Å². The molecule has 26 heavy (non-hydrogen) atoms. The number of carbonyl (C=O) groups excluding carboxylic acids is 1. The van der Waals surface area contributed by atoms with E-state index < -0.39 is 0 Å². The van der Waals surface area contributed by atoms with Crippen molar-refractivity contribution >= 4 is 5.91 Å². The predicted molar refractivity (Wildman–Crippen MR) is 101 cm³/mol. The number of benzene rings is 2. The fourth-order valence-corrected chi connectivity index (χ4v) is 3.32. The van der Waals surface area contributed by atoms with Crippen LogP contribution >= 0.6 is 0 Å². The molecule has 2 aromatic carbocycles. The first-order valence-electron chi connectivity index (χ1n) is 9.01. The van der Waals surface area contributed by atoms with Crippen LogP contribution in [-0.4, -0.2) is 50.7 Å². The van der Waals surface area contributed by atoms with E-state index in [1.807, 2.05) is 24.3 Å². The van der Waals surface area contributed by atoms with Crippen molar-refractivity contribution in [3.63, 3.8) is 0 Å². The largest absolute Gasteiger partial charge is 0.383 e. The number of halogens is 1. The van der Waals surface area contributed by atoms with E-state index in [-0.39, 0.29) is 11.7 Å². The minimum atomic E-state index is -0.265. The van der Waals surface area contributed by atoms with Gasteiger partial charge in [-0.3, -0.25) is 4.79 Å². The number of rotatable bonds is 7. The van der Waals surface area contributed by atoms with Gasteiger partial charge in [0.2, 0.25) is 0 Å². The Labute approximate surface area is 154 Å². The number of methoxy groups -OCH3 is 1. The van der Waals surface area contributed by atoms with Gasteiger partial charge in [0.1, 0.15) is 5.82 Å². The molecule has 1 atom stereocenters. The number of amides is 1. The molecule has 1 saturated heterocycles. The van der Waals surface area contributed by atoms with E-state index in [0.29, 0.717) is 18.0 Å². The Balaban J connectivity index is 1.55. The summed E-state index contributed by atoms with van der Waals surface area (Å²) in [6.07, 6.45) is 1.10. The van der Waals surface area contributed by atoms with Gasteiger partial charge in [0.15, 0.2) is 0 Å². The standard InChI is InChI=1S/C21H25FN2O2/c1-26-12-11-24-10-9-16(15-24)14-23-21(25)19-4-2-3-18(13-19)17-5-7-20(22)8-6-17/h2-8,13,16H,9-12,14-15H2,1H3,(H,23,25)/t16-/m1/s1. The molecule has 3 rings (SSSR count). The van der Waals surface area contributed by atoms with Crippen LogP contribution in [-0.2, 0) is 4.74 Å². The number of ether oxygens (including phenoxy) is 1. The monoisotopic (exact) mass is 356 g/mol. The van der Waals surface area contributed by atoms with Crippen molar-refractivity contribution in [3.8, 4) is 11.1 Å². The van der Waals surface area contributed by atoms with E-state index in [1.54, 1.807) is 19.2 Å². The van der Waals surface area contributed by atoms with E-state index in [9.17, 15) is 9.18 Å². The van der Waals surface area contributed by atoms with E-state index >= 15 is 0 Å². The van der Waals surface area contributed by atoms with Gasteiger partial charge in [-0.25, -0.2) is 4.39 Å². The number of likely N-dealkylation sites (tertiary alicyclic amines) is 1. The van der Waals surface area contributed by atoms with Gasteiger partial charge in [-0.15, -0.1) is 0 Å². The highest BCUT2D eigenvalue weighted by molar-refractivity contribution is 5.95. The van der Waals surface area contributed by atoms with Crippen LogP contribution in [0.1, 0.15) is 16.8 Å². The second kappa shape index (κ2) is 8.92. The van der Waals surface area contributed by atoms with Gasteiger partial charge >= 0.3 is 0 Å². The molecule has 1 fully saturated rings. The maximum atomic E-state index is 13.1. The fraction of sp³-hybridized carbons (Fsp3) is 0.381. The van der Waals surface area contributed by atoms with Gasteiger partial charge in [0.25, 0.3) is 5.91 Å². The Kier molecular flexibility index (Phi) is 6.36. The molecule has 1 N–H and O–H groups in total. The van der Waals surface area contributed by atoms with Gasteiger partial charge in [-0.05, 0) is 54.3 Å². The van der Waals surface area contributed by atoms with Crippen molar-refractivity contribution in [2.24, 2.45) is 5.92 Å². The molecular weight excluding hydrogens is 331 g/mol. The highest BCUT2D eigenvalue weighted by Gasteiger charge is 2.22. The Bertz CT molecular complexity index is 733. The third-order valence-corrected chi connectivity index (χ3v) is 4.84. The summed E-state index contributed by atoms with van der Waals surface area (Å²) in [5.41, 5.74) is 2.43.